The highest BCUT2D eigenvalue weighted by atomic mass is 16.5. The number of nitrogens with zero attached hydrogens (tertiary/aromatic N) is 1. The van der Waals surface area contributed by atoms with Crippen molar-refractivity contribution in [2.45, 2.75) is 52.5 Å². The molecule has 0 bridgehead atoms. The van der Waals surface area contributed by atoms with E-state index in [2.05, 4.69) is 10.6 Å². The van der Waals surface area contributed by atoms with E-state index in [-0.39, 0.29) is 11.6 Å². The average molecular weight is 530 g/mol. The molecule has 0 aliphatic heterocycles. The number of carbonyl (C=O) groups excluding carboxylic acids is 2. The standard InChI is InChI=1S/C31H35N3O5/c1-19-15-20(2)29(21(3)16-19)33-31(38)32-27-17-23(22-9-12-25(39-4)13-10-22)11-14-26(27)30(37)34(18-28(35)36)24-7-5-6-8-24/h9-17,24H,5-8,18H2,1-4H3,(H,35,36)(H2,32,33,38). The molecule has 8 nitrogen and oxygen atoms in total. The van der Waals surface area contributed by atoms with Gasteiger partial charge in [0.05, 0.1) is 18.4 Å². The summed E-state index contributed by atoms with van der Waals surface area (Å²) in [6.45, 7) is 5.47. The molecule has 0 heterocycles. The van der Waals surface area contributed by atoms with Gasteiger partial charge in [-0.25, -0.2) is 4.79 Å². The summed E-state index contributed by atoms with van der Waals surface area (Å²) in [4.78, 5) is 40.1. The number of carbonyl (C=O) groups is 3. The Bertz CT molecular complexity index is 1350. The zero-order chi connectivity index (χ0) is 28.1. The molecule has 0 spiro atoms. The van der Waals surface area contributed by atoms with Crippen LogP contribution in [0.3, 0.4) is 0 Å². The maximum atomic E-state index is 13.8. The minimum atomic E-state index is -1.07. The molecule has 0 saturated heterocycles. The van der Waals surface area contributed by atoms with Crippen molar-refractivity contribution in [1.29, 1.82) is 0 Å². The second kappa shape index (κ2) is 12.0. The van der Waals surface area contributed by atoms with Crippen molar-refractivity contribution in [1.82, 2.24) is 4.90 Å². The SMILES string of the molecule is COc1ccc(-c2ccc(C(=O)N(CC(=O)O)C3CCCC3)c(NC(=O)Nc3c(C)cc(C)cc3C)c2)cc1. The predicted molar refractivity (Wildman–Crippen MR) is 153 cm³/mol. The number of aryl methyl sites for hydroxylation is 3. The van der Waals surface area contributed by atoms with Crippen molar-refractivity contribution >= 4 is 29.3 Å². The summed E-state index contributed by atoms with van der Waals surface area (Å²) in [6.07, 6.45) is 3.43. The van der Waals surface area contributed by atoms with Gasteiger partial charge in [-0.15, -0.1) is 0 Å². The summed E-state index contributed by atoms with van der Waals surface area (Å²) in [5, 5.41) is 15.3. The highest BCUT2D eigenvalue weighted by molar-refractivity contribution is 6.08. The lowest BCUT2D eigenvalue weighted by molar-refractivity contribution is -0.138. The van der Waals surface area contributed by atoms with Crippen LogP contribution in [0.4, 0.5) is 16.2 Å². The fraction of sp³-hybridized carbons (Fsp3) is 0.323. The molecule has 3 N–H and O–H groups in total. The molecule has 204 valence electrons. The van der Waals surface area contributed by atoms with E-state index in [4.69, 9.17) is 4.74 Å². The normalized spacial score (nSPS) is 13.1. The molecule has 0 aromatic heterocycles. The third kappa shape index (κ3) is 6.57. The maximum Gasteiger partial charge on any atom is 0.323 e. The number of hydrogen-bond acceptors (Lipinski definition) is 4. The van der Waals surface area contributed by atoms with Gasteiger partial charge in [-0.05, 0) is 80.1 Å². The predicted octanol–water partition coefficient (Wildman–Crippen LogP) is 6.40. The van der Waals surface area contributed by atoms with Crippen molar-refractivity contribution in [2.24, 2.45) is 0 Å². The second-order valence-electron chi connectivity index (χ2n) is 10.1. The molecule has 1 aliphatic carbocycles. The van der Waals surface area contributed by atoms with E-state index in [0.717, 1.165) is 53.5 Å². The molecule has 1 aliphatic rings. The molecule has 8 heteroatoms. The monoisotopic (exact) mass is 529 g/mol. The van der Waals surface area contributed by atoms with Crippen LogP contribution in [0, 0.1) is 20.8 Å². The highest BCUT2D eigenvalue weighted by Gasteiger charge is 2.30. The first-order valence-electron chi connectivity index (χ1n) is 13.1. The van der Waals surface area contributed by atoms with Gasteiger partial charge in [0, 0.05) is 11.7 Å². The number of amides is 3. The first-order valence-corrected chi connectivity index (χ1v) is 13.1. The molecule has 1 fully saturated rings. The number of nitrogens with one attached hydrogen (secondary N) is 2. The topological polar surface area (TPSA) is 108 Å². The lowest BCUT2D eigenvalue weighted by Crippen LogP contribution is -2.42. The zero-order valence-electron chi connectivity index (χ0n) is 22.8. The van der Waals surface area contributed by atoms with Gasteiger partial charge < -0.3 is 25.4 Å². The summed E-state index contributed by atoms with van der Waals surface area (Å²) in [6, 6.07) is 16.0. The van der Waals surface area contributed by atoms with Gasteiger partial charge in [-0.1, -0.05) is 48.7 Å². The van der Waals surface area contributed by atoms with Crippen LogP contribution in [0.5, 0.6) is 5.75 Å². The summed E-state index contributed by atoms with van der Waals surface area (Å²) in [7, 11) is 1.60. The average Bonchev–Trinajstić information content (AvgIpc) is 3.44. The zero-order valence-corrected chi connectivity index (χ0v) is 22.8. The Morgan fingerprint density at radius 3 is 2.10 bits per heavy atom. The number of anilines is 2. The molecule has 3 aromatic rings. The Balaban J connectivity index is 1.70. The van der Waals surface area contributed by atoms with Gasteiger partial charge in [0.15, 0.2) is 0 Å². The van der Waals surface area contributed by atoms with Crippen LogP contribution in [-0.4, -0.2) is 47.6 Å². The lowest BCUT2D eigenvalue weighted by atomic mass is 10.0. The Morgan fingerprint density at radius 2 is 1.51 bits per heavy atom. The number of benzene rings is 3. The molecular formula is C31H35N3O5. The minimum absolute atomic E-state index is 0.144. The fourth-order valence-corrected chi connectivity index (χ4v) is 5.32. The van der Waals surface area contributed by atoms with Crippen molar-refractivity contribution < 1.29 is 24.2 Å². The molecule has 0 unspecified atom stereocenters. The van der Waals surface area contributed by atoms with E-state index in [1.165, 1.54) is 4.90 Å². The third-order valence-electron chi connectivity index (χ3n) is 7.17. The molecule has 3 amide bonds. The Labute approximate surface area is 229 Å². The number of rotatable bonds is 8. The second-order valence-corrected chi connectivity index (χ2v) is 10.1. The van der Waals surface area contributed by atoms with E-state index >= 15 is 0 Å². The molecular weight excluding hydrogens is 494 g/mol. The van der Waals surface area contributed by atoms with Gasteiger partial charge in [-0.2, -0.15) is 0 Å². The van der Waals surface area contributed by atoms with Crippen LogP contribution in [0.2, 0.25) is 0 Å². The molecule has 0 atom stereocenters. The largest absolute Gasteiger partial charge is 0.497 e. The van der Waals surface area contributed by atoms with Crippen LogP contribution in [0.15, 0.2) is 54.6 Å². The number of hydrogen-bond donors (Lipinski definition) is 3. The van der Waals surface area contributed by atoms with Crippen LogP contribution in [-0.2, 0) is 4.79 Å². The summed E-state index contributed by atoms with van der Waals surface area (Å²) < 4.78 is 5.26. The minimum Gasteiger partial charge on any atom is -0.497 e. The van der Waals surface area contributed by atoms with Crippen LogP contribution in [0.1, 0.15) is 52.7 Å². The number of ether oxygens (including phenoxy) is 1. The van der Waals surface area contributed by atoms with Crippen LogP contribution >= 0.6 is 0 Å². The summed E-state index contributed by atoms with van der Waals surface area (Å²) >= 11 is 0. The third-order valence-corrected chi connectivity index (χ3v) is 7.17. The van der Waals surface area contributed by atoms with Crippen molar-refractivity contribution in [3.63, 3.8) is 0 Å². The van der Waals surface area contributed by atoms with E-state index in [0.29, 0.717) is 17.1 Å². The van der Waals surface area contributed by atoms with Gasteiger partial charge in [0.25, 0.3) is 5.91 Å². The van der Waals surface area contributed by atoms with Gasteiger partial charge in [0.1, 0.15) is 12.3 Å². The summed E-state index contributed by atoms with van der Waals surface area (Å²) in [5.41, 5.74) is 5.88. The molecule has 0 radical (unpaired) electrons. The van der Waals surface area contributed by atoms with Crippen LogP contribution in [0.25, 0.3) is 11.1 Å². The van der Waals surface area contributed by atoms with Gasteiger partial charge >= 0.3 is 12.0 Å². The molecule has 1 saturated carbocycles. The lowest BCUT2D eigenvalue weighted by Gasteiger charge is -2.28. The van der Waals surface area contributed by atoms with Gasteiger partial charge in [0.2, 0.25) is 0 Å². The Kier molecular flexibility index (Phi) is 8.54. The highest BCUT2D eigenvalue weighted by Crippen LogP contribution is 2.31. The van der Waals surface area contributed by atoms with Crippen LogP contribution < -0.4 is 15.4 Å². The van der Waals surface area contributed by atoms with Gasteiger partial charge in [-0.3, -0.25) is 9.59 Å². The van der Waals surface area contributed by atoms with Crippen molar-refractivity contribution in [3.05, 3.63) is 76.9 Å². The Hall–Kier alpha value is -4.33. The number of methoxy groups -OCH3 is 1. The maximum absolute atomic E-state index is 13.8. The molecule has 4 rings (SSSR count). The quantitative estimate of drug-likeness (QED) is 0.313. The van der Waals surface area contributed by atoms with E-state index in [9.17, 15) is 19.5 Å². The van der Waals surface area contributed by atoms with E-state index < -0.39 is 24.5 Å². The first kappa shape index (κ1) is 27.7. The molecule has 3 aromatic carbocycles. The fourth-order valence-electron chi connectivity index (χ4n) is 5.32. The van der Waals surface area contributed by atoms with E-state index in [1.54, 1.807) is 25.3 Å². The Morgan fingerprint density at radius 1 is 0.897 bits per heavy atom. The van der Waals surface area contributed by atoms with E-state index in [1.807, 2.05) is 57.2 Å². The first-order chi connectivity index (χ1) is 18.7. The number of aliphatic carboxylic acids is 1. The summed E-state index contributed by atoms with van der Waals surface area (Å²) in [5.74, 6) is -0.765. The number of urea groups is 1. The van der Waals surface area contributed by atoms with Crippen molar-refractivity contribution in [2.75, 3.05) is 24.3 Å². The van der Waals surface area contributed by atoms with Crippen molar-refractivity contribution in [3.8, 4) is 16.9 Å². The smallest absolute Gasteiger partial charge is 0.323 e. The number of carboxylic acid groups (broad SMARTS) is 1. The molecule has 39 heavy (non-hydrogen) atoms. The number of carboxylic acids is 1.